The molecule has 0 bridgehead atoms. The molecule has 154 valence electrons. The van der Waals surface area contributed by atoms with E-state index in [0.717, 1.165) is 42.4 Å². The van der Waals surface area contributed by atoms with Gasteiger partial charge in [0.15, 0.2) is 5.96 Å². The summed E-state index contributed by atoms with van der Waals surface area (Å²) < 4.78 is 3.87. The Morgan fingerprint density at radius 2 is 1.79 bits per heavy atom. The minimum atomic E-state index is 0.716. The molecule has 0 radical (unpaired) electrons. The first-order valence-corrected chi connectivity index (χ1v) is 10.0. The molecule has 29 heavy (non-hydrogen) atoms. The normalized spacial score (nSPS) is 11.7. The summed E-state index contributed by atoms with van der Waals surface area (Å²) in [5, 5.41) is 15.9. The molecule has 3 aromatic rings. The molecule has 0 aliphatic carbocycles. The van der Waals surface area contributed by atoms with Crippen molar-refractivity contribution < 1.29 is 0 Å². The van der Waals surface area contributed by atoms with Crippen molar-refractivity contribution in [2.75, 3.05) is 13.6 Å². The van der Waals surface area contributed by atoms with Crippen LogP contribution in [0.1, 0.15) is 34.6 Å². The van der Waals surface area contributed by atoms with Gasteiger partial charge in [-0.05, 0) is 51.3 Å². The highest BCUT2D eigenvalue weighted by Crippen LogP contribution is 2.13. The van der Waals surface area contributed by atoms with Gasteiger partial charge in [0, 0.05) is 44.6 Å². The summed E-state index contributed by atoms with van der Waals surface area (Å²) in [7, 11) is 3.77. The van der Waals surface area contributed by atoms with E-state index in [9.17, 15) is 0 Å². The summed E-state index contributed by atoms with van der Waals surface area (Å²) >= 11 is 0. The largest absolute Gasteiger partial charge is 0.356 e. The fourth-order valence-corrected chi connectivity index (χ4v) is 3.41. The van der Waals surface area contributed by atoms with E-state index in [4.69, 9.17) is 0 Å². The van der Waals surface area contributed by atoms with Gasteiger partial charge in [0.2, 0.25) is 0 Å². The number of hydrogen-bond donors (Lipinski definition) is 2. The second-order valence-electron chi connectivity index (χ2n) is 7.25. The average Bonchev–Trinajstić information content (AvgIpc) is 3.21. The predicted molar refractivity (Wildman–Crippen MR) is 118 cm³/mol. The van der Waals surface area contributed by atoms with Crippen molar-refractivity contribution in [1.82, 2.24) is 30.2 Å². The number of para-hydroxylation sites is 1. The number of rotatable bonds is 7. The second-order valence-corrected chi connectivity index (χ2v) is 7.25. The van der Waals surface area contributed by atoms with Crippen molar-refractivity contribution in [2.24, 2.45) is 12.0 Å². The topological polar surface area (TPSA) is 72.1 Å². The first kappa shape index (κ1) is 20.6. The Morgan fingerprint density at radius 1 is 1.03 bits per heavy atom. The van der Waals surface area contributed by atoms with Crippen molar-refractivity contribution >= 4 is 5.96 Å². The molecule has 3 rings (SSSR count). The SMILES string of the molecule is CN=C(NCCCc1cn(-c2ccccc2)nc1C)NCc1c(C)nn(C)c1C. The predicted octanol–water partition coefficient (Wildman–Crippen LogP) is 2.83. The van der Waals surface area contributed by atoms with Gasteiger partial charge in [-0.3, -0.25) is 9.67 Å². The molecule has 1 aromatic carbocycles. The summed E-state index contributed by atoms with van der Waals surface area (Å²) in [5.41, 5.74) is 6.90. The third-order valence-electron chi connectivity index (χ3n) is 5.25. The Hall–Kier alpha value is -3.09. The number of guanidine groups is 1. The van der Waals surface area contributed by atoms with Gasteiger partial charge in [0.25, 0.3) is 0 Å². The number of nitrogens with zero attached hydrogens (tertiary/aromatic N) is 5. The number of aliphatic imine (C=N–C) groups is 1. The third-order valence-corrected chi connectivity index (χ3v) is 5.25. The summed E-state index contributed by atoms with van der Waals surface area (Å²) in [6, 6.07) is 10.2. The highest BCUT2D eigenvalue weighted by atomic mass is 15.3. The smallest absolute Gasteiger partial charge is 0.191 e. The van der Waals surface area contributed by atoms with Gasteiger partial charge in [0.05, 0.1) is 17.1 Å². The van der Waals surface area contributed by atoms with Crippen LogP contribution in [0.5, 0.6) is 0 Å². The van der Waals surface area contributed by atoms with Gasteiger partial charge in [-0.2, -0.15) is 10.2 Å². The van der Waals surface area contributed by atoms with E-state index in [2.05, 4.69) is 58.0 Å². The molecule has 0 atom stereocenters. The molecule has 7 nitrogen and oxygen atoms in total. The molecule has 0 unspecified atom stereocenters. The van der Waals surface area contributed by atoms with Gasteiger partial charge >= 0.3 is 0 Å². The lowest BCUT2D eigenvalue weighted by Gasteiger charge is -2.12. The van der Waals surface area contributed by atoms with E-state index >= 15 is 0 Å². The molecule has 2 N–H and O–H groups in total. The van der Waals surface area contributed by atoms with Crippen molar-refractivity contribution in [3.63, 3.8) is 0 Å². The maximum Gasteiger partial charge on any atom is 0.191 e. The lowest BCUT2D eigenvalue weighted by atomic mass is 10.1. The lowest BCUT2D eigenvalue weighted by Crippen LogP contribution is -2.37. The quantitative estimate of drug-likeness (QED) is 0.368. The first-order valence-electron chi connectivity index (χ1n) is 10.0. The van der Waals surface area contributed by atoms with Gasteiger partial charge < -0.3 is 10.6 Å². The van der Waals surface area contributed by atoms with Crippen molar-refractivity contribution in [2.45, 2.75) is 40.2 Å². The van der Waals surface area contributed by atoms with Crippen LogP contribution in [0.25, 0.3) is 5.69 Å². The molecule has 0 fully saturated rings. The van der Waals surface area contributed by atoms with E-state index in [1.54, 1.807) is 7.05 Å². The number of aryl methyl sites for hydroxylation is 4. The zero-order chi connectivity index (χ0) is 20.8. The minimum absolute atomic E-state index is 0.716. The maximum atomic E-state index is 4.64. The Bertz CT molecular complexity index is 967. The molecule has 2 aromatic heterocycles. The number of hydrogen-bond acceptors (Lipinski definition) is 3. The molecule has 0 saturated heterocycles. The summed E-state index contributed by atoms with van der Waals surface area (Å²) in [6.45, 7) is 7.76. The Morgan fingerprint density at radius 3 is 2.45 bits per heavy atom. The molecule has 0 saturated carbocycles. The van der Waals surface area contributed by atoms with Crippen LogP contribution in [-0.4, -0.2) is 39.1 Å². The number of benzene rings is 1. The zero-order valence-electron chi connectivity index (χ0n) is 18.0. The summed E-state index contributed by atoms with van der Waals surface area (Å²) in [4.78, 5) is 4.33. The zero-order valence-corrected chi connectivity index (χ0v) is 18.0. The third kappa shape index (κ3) is 5.04. The number of nitrogens with one attached hydrogen (secondary N) is 2. The van der Waals surface area contributed by atoms with Crippen LogP contribution in [0.2, 0.25) is 0 Å². The van der Waals surface area contributed by atoms with E-state index < -0.39 is 0 Å². The molecule has 0 aliphatic rings. The molecule has 2 heterocycles. The van der Waals surface area contributed by atoms with Gasteiger partial charge in [-0.15, -0.1) is 0 Å². The monoisotopic (exact) mass is 393 g/mol. The Balaban J connectivity index is 1.47. The van der Waals surface area contributed by atoms with E-state index in [0.29, 0.717) is 6.54 Å². The van der Waals surface area contributed by atoms with E-state index in [-0.39, 0.29) is 0 Å². The van der Waals surface area contributed by atoms with Crippen LogP contribution in [0.4, 0.5) is 0 Å². The lowest BCUT2D eigenvalue weighted by molar-refractivity contribution is 0.726. The van der Waals surface area contributed by atoms with Gasteiger partial charge in [-0.25, -0.2) is 4.68 Å². The van der Waals surface area contributed by atoms with Crippen LogP contribution in [-0.2, 0) is 20.0 Å². The highest BCUT2D eigenvalue weighted by Gasteiger charge is 2.10. The Labute approximate surface area is 172 Å². The second kappa shape index (κ2) is 9.41. The van der Waals surface area contributed by atoms with Crippen LogP contribution >= 0.6 is 0 Å². The fourth-order valence-electron chi connectivity index (χ4n) is 3.41. The molecule has 0 amide bonds. The van der Waals surface area contributed by atoms with Crippen molar-refractivity contribution in [1.29, 1.82) is 0 Å². The maximum absolute atomic E-state index is 4.64. The minimum Gasteiger partial charge on any atom is -0.356 e. The first-order chi connectivity index (χ1) is 14.0. The Kier molecular flexibility index (Phi) is 6.69. The summed E-state index contributed by atoms with van der Waals surface area (Å²) in [5.74, 6) is 0.810. The average molecular weight is 394 g/mol. The standard InChI is InChI=1S/C22H31N7/c1-16-19(15-29(27-16)20-11-7-6-8-12-20)10-9-13-24-22(23-4)25-14-21-17(2)26-28(5)18(21)3/h6-8,11-12,15H,9-10,13-14H2,1-5H3,(H2,23,24,25). The molecule has 0 spiro atoms. The highest BCUT2D eigenvalue weighted by molar-refractivity contribution is 5.79. The van der Waals surface area contributed by atoms with Crippen LogP contribution in [0.15, 0.2) is 41.5 Å². The van der Waals surface area contributed by atoms with E-state index in [1.165, 1.54) is 16.8 Å². The van der Waals surface area contributed by atoms with Gasteiger partial charge in [0.1, 0.15) is 0 Å². The van der Waals surface area contributed by atoms with Crippen LogP contribution in [0.3, 0.4) is 0 Å². The van der Waals surface area contributed by atoms with Crippen molar-refractivity contribution in [3.05, 3.63) is 64.7 Å². The van der Waals surface area contributed by atoms with Crippen LogP contribution in [0, 0.1) is 20.8 Å². The molecular formula is C22H31N7. The van der Waals surface area contributed by atoms with Crippen molar-refractivity contribution in [3.8, 4) is 5.69 Å². The van der Waals surface area contributed by atoms with Crippen LogP contribution < -0.4 is 10.6 Å². The summed E-state index contributed by atoms with van der Waals surface area (Å²) in [6.07, 6.45) is 4.11. The van der Waals surface area contributed by atoms with E-state index in [1.807, 2.05) is 41.5 Å². The number of aromatic nitrogens is 4. The fraction of sp³-hybridized carbons (Fsp3) is 0.409. The van der Waals surface area contributed by atoms with Gasteiger partial charge in [-0.1, -0.05) is 18.2 Å². The molecular weight excluding hydrogens is 362 g/mol. The molecule has 0 aliphatic heterocycles. The molecule has 7 heteroatoms.